The number of hydrogen-bond donors (Lipinski definition) is 3. The molecule has 1 aromatic heterocycles. The summed E-state index contributed by atoms with van der Waals surface area (Å²) in [5.74, 6) is 1.14. The number of aromatic nitrogens is 1. The first kappa shape index (κ1) is 16.4. The van der Waals surface area contributed by atoms with E-state index in [-0.39, 0.29) is 11.9 Å². The number of anilines is 2. The molecule has 0 aliphatic carbocycles. The molecule has 1 unspecified atom stereocenters. The van der Waals surface area contributed by atoms with Gasteiger partial charge in [-0.2, -0.15) is 11.8 Å². The number of rotatable bonds is 6. The monoisotopic (exact) mass is 329 g/mol. The van der Waals surface area contributed by atoms with Crippen LogP contribution < -0.4 is 21.3 Å². The van der Waals surface area contributed by atoms with Crippen LogP contribution in [0.2, 0.25) is 0 Å². The van der Waals surface area contributed by atoms with Crippen molar-refractivity contribution in [3.05, 3.63) is 4.88 Å². The van der Waals surface area contributed by atoms with Gasteiger partial charge in [0.25, 0.3) is 5.91 Å². The first-order valence-corrected chi connectivity index (χ1v) is 9.38. The first-order chi connectivity index (χ1) is 10.2. The van der Waals surface area contributed by atoms with Crippen molar-refractivity contribution in [3.8, 4) is 0 Å². The number of hydrogen-bond acceptors (Lipinski definition) is 7. The molecule has 0 bridgehead atoms. The predicted octanol–water partition coefficient (Wildman–Crippen LogP) is 1.01. The average Bonchev–Trinajstić information content (AvgIpc) is 2.89. The second kappa shape index (κ2) is 7.86. The minimum Gasteiger partial charge on any atom is -0.382 e. The number of thiazole rings is 1. The van der Waals surface area contributed by atoms with E-state index in [0.29, 0.717) is 10.7 Å². The summed E-state index contributed by atoms with van der Waals surface area (Å²) in [6.45, 7) is 5.75. The van der Waals surface area contributed by atoms with Crippen LogP contribution in [-0.2, 0) is 0 Å². The number of nitrogens with zero attached hydrogens (tertiary/aromatic N) is 2. The maximum atomic E-state index is 12.3. The zero-order valence-electron chi connectivity index (χ0n) is 12.5. The fourth-order valence-electron chi connectivity index (χ4n) is 2.19. The maximum Gasteiger partial charge on any atom is 0.265 e. The summed E-state index contributed by atoms with van der Waals surface area (Å²) >= 11 is 3.12. The minimum atomic E-state index is -0.104. The Labute approximate surface area is 133 Å². The lowest BCUT2D eigenvalue weighted by Gasteiger charge is -2.26. The van der Waals surface area contributed by atoms with E-state index >= 15 is 0 Å². The number of carbonyl (C=O) groups excluding carboxylic acids is 1. The number of thioether (sulfide) groups is 1. The van der Waals surface area contributed by atoms with Gasteiger partial charge >= 0.3 is 0 Å². The Balaban J connectivity index is 2.05. The van der Waals surface area contributed by atoms with Gasteiger partial charge in [-0.25, -0.2) is 4.98 Å². The summed E-state index contributed by atoms with van der Waals surface area (Å²) in [5, 5.41) is 7.18. The lowest BCUT2D eigenvalue weighted by molar-refractivity contribution is 0.0945. The zero-order chi connectivity index (χ0) is 15.2. The van der Waals surface area contributed by atoms with Crippen LogP contribution in [0.4, 0.5) is 10.9 Å². The third kappa shape index (κ3) is 4.24. The Hall–Kier alpha value is -0.990. The summed E-state index contributed by atoms with van der Waals surface area (Å²) in [6.07, 6.45) is 2.95. The van der Waals surface area contributed by atoms with E-state index in [1.807, 2.05) is 6.26 Å². The molecule has 1 aliphatic rings. The summed E-state index contributed by atoms with van der Waals surface area (Å²) in [6, 6.07) is 0.177. The molecule has 1 aromatic rings. The first-order valence-electron chi connectivity index (χ1n) is 7.17. The lowest BCUT2D eigenvalue weighted by atomic mass is 10.2. The van der Waals surface area contributed by atoms with E-state index in [4.69, 9.17) is 5.73 Å². The van der Waals surface area contributed by atoms with Crippen LogP contribution in [-0.4, -0.2) is 55.1 Å². The summed E-state index contributed by atoms with van der Waals surface area (Å²) in [7, 11) is 0. The molecule has 2 rings (SSSR count). The molecule has 0 saturated carbocycles. The van der Waals surface area contributed by atoms with Gasteiger partial charge in [0.1, 0.15) is 10.7 Å². The standard InChI is InChI=1S/C13H23N5OS2/c1-3-9(8-20-2)16-12(19)10-11(14)17-13(21-10)18-6-4-15-5-7-18/h9,15H,3-8,14H2,1-2H3,(H,16,19). The Morgan fingerprint density at radius 2 is 2.29 bits per heavy atom. The smallest absolute Gasteiger partial charge is 0.265 e. The Bertz CT molecular complexity index is 473. The summed E-state index contributed by atoms with van der Waals surface area (Å²) in [5.41, 5.74) is 5.93. The maximum absolute atomic E-state index is 12.3. The second-order valence-electron chi connectivity index (χ2n) is 4.98. The molecule has 0 aromatic carbocycles. The van der Waals surface area contributed by atoms with Crippen LogP contribution in [0.3, 0.4) is 0 Å². The van der Waals surface area contributed by atoms with Gasteiger partial charge in [0, 0.05) is 38.0 Å². The summed E-state index contributed by atoms with van der Waals surface area (Å²) < 4.78 is 0. The van der Waals surface area contributed by atoms with Gasteiger partial charge < -0.3 is 21.3 Å². The molecular weight excluding hydrogens is 306 g/mol. The van der Waals surface area contributed by atoms with Gasteiger partial charge in [0.05, 0.1) is 0 Å². The van der Waals surface area contributed by atoms with Crippen molar-refractivity contribution in [2.75, 3.05) is 48.8 Å². The van der Waals surface area contributed by atoms with Crippen LogP contribution in [0.25, 0.3) is 0 Å². The number of amides is 1. The highest BCUT2D eigenvalue weighted by Gasteiger charge is 2.22. The molecule has 1 saturated heterocycles. The zero-order valence-corrected chi connectivity index (χ0v) is 14.1. The Morgan fingerprint density at radius 3 is 2.90 bits per heavy atom. The molecule has 1 atom stereocenters. The number of nitrogen functional groups attached to an aromatic ring is 1. The van der Waals surface area contributed by atoms with Gasteiger partial charge in [-0.05, 0) is 12.7 Å². The van der Waals surface area contributed by atoms with Crippen LogP contribution in [0.15, 0.2) is 0 Å². The Kier molecular flexibility index (Phi) is 6.13. The van der Waals surface area contributed by atoms with E-state index in [0.717, 1.165) is 43.5 Å². The second-order valence-corrected chi connectivity index (χ2v) is 6.87. The Morgan fingerprint density at radius 1 is 1.57 bits per heavy atom. The number of nitrogens with one attached hydrogen (secondary N) is 2. The van der Waals surface area contributed by atoms with Crippen molar-refractivity contribution in [2.24, 2.45) is 0 Å². The molecule has 0 radical (unpaired) electrons. The fourth-order valence-corrected chi connectivity index (χ4v) is 3.85. The van der Waals surface area contributed by atoms with E-state index in [2.05, 4.69) is 27.4 Å². The van der Waals surface area contributed by atoms with Gasteiger partial charge in [0.15, 0.2) is 5.13 Å². The molecule has 0 spiro atoms. The van der Waals surface area contributed by atoms with Gasteiger partial charge in [-0.1, -0.05) is 18.3 Å². The van der Waals surface area contributed by atoms with Gasteiger partial charge in [-0.15, -0.1) is 0 Å². The highest BCUT2D eigenvalue weighted by molar-refractivity contribution is 7.98. The van der Waals surface area contributed by atoms with Crippen molar-refractivity contribution < 1.29 is 4.79 Å². The van der Waals surface area contributed by atoms with E-state index in [9.17, 15) is 4.79 Å². The largest absolute Gasteiger partial charge is 0.382 e. The highest BCUT2D eigenvalue weighted by atomic mass is 32.2. The van der Waals surface area contributed by atoms with E-state index < -0.39 is 0 Å². The fraction of sp³-hybridized carbons (Fsp3) is 0.692. The number of carbonyl (C=O) groups is 1. The molecule has 1 amide bonds. The molecule has 1 aliphatic heterocycles. The van der Waals surface area contributed by atoms with Crippen LogP contribution >= 0.6 is 23.1 Å². The van der Waals surface area contributed by atoms with Crippen molar-refractivity contribution in [3.63, 3.8) is 0 Å². The third-order valence-corrected chi connectivity index (χ3v) is 5.30. The summed E-state index contributed by atoms with van der Waals surface area (Å²) in [4.78, 5) is 19.4. The molecule has 2 heterocycles. The number of nitrogens with two attached hydrogens (primary N) is 1. The molecule has 118 valence electrons. The topological polar surface area (TPSA) is 83.3 Å². The third-order valence-electron chi connectivity index (χ3n) is 3.43. The van der Waals surface area contributed by atoms with Crippen LogP contribution in [0, 0.1) is 0 Å². The molecule has 4 N–H and O–H groups in total. The molecular formula is C13H23N5OS2. The minimum absolute atomic E-state index is 0.104. The van der Waals surface area contributed by atoms with Crippen molar-refractivity contribution in [1.82, 2.24) is 15.6 Å². The van der Waals surface area contributed by atoms with Crippen LogP contribution in [0.1, 0.15) is 23.0 Å². The average molecular weight is 329 g/mol. The predicted molar refractivity (Wildman–Crippen MR) is 91.5 cm³/mol. The van der Waals surface area contributed by atoms with E-state index in [1.54, 1.807) is 11.8 Å². The molecule has 6 nitrogen and oxygen atoms in total. The quantitative estimate of drug-likeness (QED) is 0.722. The highest BCUT2D eigenvalue weighted by Crippen LogP contribution is 2.28. The molecule has 21 heavy (non-hydrogen) atoms. The van der Waals surface area contributed by atoms with Crippen molar-refractivity contribution in [1.29, 1.82) is 0 Å². The van der Waals surface area contributed by atoms with Gasteiger partial charge in [0.2, 0.25) is 0 Å². The van der Waals surface area contributed by atoms with Crippen molar-refractivity contribution >= 4 is 40.0 Å². The van der Waals surface area contributed by atoms with Crippen molar-refractivity contribution in [2.45, 2.75) is 19.4 Å². The lowest BCUT2D eigenvalue weighted by Crippen LogP contribution is -2.43. The van der Waals surface area contributed by atoms with Gasteiger partial charge in [-0.3, -0.25) is 4.79 Å². The van der Waals surface area contributed by atoms with Crippen LogP contribution in [0.5, 0.6) is 0 Å². The molecule has 8 heteroatoms. The van der Waals surface area contributed by atoms with E-state index in [1.165, 1.54) is 11.3 Å². The molecule has 1 fully saturated rings. The normalized spacial score (nSPS) is 16.8. The SMILES string of the molecule is CCC(CSC)NC(=O)c1sc(N2CCNCC2)nc1N. The number of piperazine rings is 1.